The number of carbonyl (C=O) groups excluding carboxylic acids is 1. The molecule has 0 aliphatic heterocycles. The summed E-state index contributed by atoms with van der Waals surface area (Å²) in [6, 6.07) is 3.11. The summed E-state index contributed by atoms with van der Waals surface area (Å²) in [6.07, 6.45) is 0. The summed E-state index contributed by atoms with van der Waals surface area (Å²) >= 11 is 0. The van der Waals surface area contributed by atoms with Crippen molar-refractivity contribution in [3.63, 3.8) is 0 Å². The molecule has 5 nitrogen and oxygen atoms in total. The highest BCUT2D eigenvalue weighted by atomic mass is 19.1. The zero-order valence-electron chi connectivity index (χ0n) is 11.8. The first-order valence-corrected chi connectivity index (χ1v) is 6.38. The van der Waals surface area contributed by atoms with E-state index >= 15 is 0 Å². The van der Waals surface area contributed by atoms with Crippen molar-refractivity contribution in [2.24, 2.45) is 0 Å². The molecular formula is C14H16F2N4O. The van der Waals surface area contributed by atoms with Gasteiger partial charge in [0.15, 0.2) is 0 Å². The number of nitrogens with zero attached hydrogens (tertiary/aromatic N) is 2. The van der Waals surface area contributed by atoms with Gasteiger partial charge in [-0.3, -0.25) is 9.48 Å². The Kier molecular flexibility index (Phi) is 4.21. The molecule has 1 aromatic heterocycles. The molecule has 0 saturated carbocycles. The number of aryl methyl sites for hydroxylation is 1. The van der Waals surface area contributed by atoms with E-state index < -0.39 is 11.6 Å². The van der Waals surface area contributed by atoms with Crippen LogP contribution in [0.15, 0.2) is 18.2 Å². The van der Waals surface area contributed by atoms with Gasteiger partial charge in [0.05, 0.1) is 17.1 Å². The Balaban J connectivity index is 1.99. The highest BCUT2D eigenvalue weighted by Gasteiger charge is 2.12. The number of nitrogens with one attached hydrogen (secondary N) is 1. The number of nitrogen functional groups attached to an aromatic ring is 1. The number of nitrogens with two attached hydrogens (primary N) is 1. The molecule has 0 atom stereocenters. The number of rotatable bonds is 4. The van der Waals surface area contributed by atoms with E-state index in [9.17, 15) is 13.6 Å². The van der Waals surface area contributed by atoms with Crippen molar-refractivity contribution < 1.29 is 13.6 Å². The summed E-state index contributed by atoms with van der Waals surface area (Å²) in [5, 5.41) is 6.66. The number of benzene rings is 1. The second-order valence-corrected chi connectivity index (χ2v) is 4.75. The Hall–Kier alpha value is -2.44. The van der Waals surface area contributed by atoms with Crippen LogP contribution in [-0.4, -0.2) is 15.7 Å². The van der Waals surface area contributed by atoms with E-state index in [1.165, 1.54) is 4.68 Å². The first kappa shape index (κ1) is 15.0. The van der Waals surface area contributed by atoms with Crippen molar-refractivity contribution in [3.05, 3.63) is 46.8 Å². The number of amides is 1. The summed E-state index contributed by atoms with van der Waals surface area (Å²) in [6.45, 7) is 3.39. The predicted molar refractivity (Wildman–Crippen MR) is 74.3 cm³/mol. The molecule has 2 aromatic rings. The SMILES string of the molecule is Cc1nn(CC(=O)NCc2cc(F)ccc2F)c(C)c1N. The van der Waals surface area contributed by atoms with Gasteiger partial charge in [0, 0.05) is 12.1 Å². The number of halogens is 2. The summed E-state index contributed by atoms with van der Waals surface area (Å²) < 4.78 is 27.9. The van der Waals surface area contributed by atoms with Crippen molar-refractivity contribution in [2.75, 3.05) is 5.73 Å². The topological polar surface area (TPSA) is 72.9 Å². The van der Waals surface area contributed by atoms with Crippen LogP contribution in [0.25, 0.3) is 0 Å². The summed E-state index contributed by atoms with van der Waals surface area (Å²) in [7, 11) is 0. The van der Waals surface area contributed by atoms with E-state index in [2.05, 4.69) is 10.4 Å². The van der Waals surface area contributed by atoms with Gasteiger partial charge in [0.2, 0.25) is 5.91 Å². The van der Waals surface area contributed by atoms with Crippen LogP contribution in [-0.2, 0) is 17.9 Å². The van der Waals surface area contributed by atoms with Crippen LogP contribution in [0, 0.1) is 25.5 Å². The molecule has 0 aliphatic carbocycles. The first-order valence-electron chi connectivity index (χ1n) is 6.38. The molecule has 0 spiro atoms. The lowest BCUT2D eigenvalue weighted by Crippen LogP contribution is -2.28. The minimum Gasteiger partial charge on any atom is -0.396 e. The van der Waals surface area contributed by atoms with Crippen LogP contribution in [0.2, 0.25) is 0 Å². The fraction of sp³-hybridized carbons (Fsp3) is 0.286. The molecule has 0 unspecified atom stereocenters. The monoisotopic (exact) mass is 294 g/mol. The van der Waals surface area contributed by atoms with Gasteiger partial charge in [0.1, 0.15) is 18.2 Å². The predicted octanol–water partition coefficient (Wildman–Crippen LogP) is 1.68. The lowest BCUT2D eigenvalue weighted by molar-refractivity contribution is -0.122. The molecule has 1 heterocycles. The first-order chi connectivity index (χ1) is 9.88. The molecule has 3 N–H and O–H groups in total. The second-order valence-electron chi connectivity index (χ2n) is 4.75. The Morgan fingerprint density at radius 2 is 2.10 bits per heavy atom. The molecule has 0 saturated heterocycles. The fourth-order valence-electron chi connectivity index (χ4n) is 1.93. The van der Waals surface area contributed by atoms with Gasteiger partial charge >= 0.3 is 0 Å². The van der Waals surface area contributed by atoms with E-state index in [0.717, 1.165) is 18.2 Å². The molecular weight excluding hydrogens is 278 g/mol. The Morgan fingerprint density at radius 1 is 1.38 bits per heavy atom. The highest BCUT2D eigenvalue weighted by molar-refractivity contribution is 5.76. The smallest absolute Gasteiger partial charge is 0.242 e. The average molecular weight is 294 g/mol. The van der Waals surface area contributed by atoms with Crippen molar-refractivity contribution >= 4 is 11.6 Å². The van der Waals surface area contributed by atoms with Gasteiger partial charge < -0.3 is 11.1 Å². The van der Waals surface area contributed by atoms with Crippen LogP contribution in [0.1, 0.15) is 17.0 Å². The van der Waals surface area contributed by atoms with Crippen molar-refractivity contribution in [2.45, 2.75) is 26.9 Å². The van der Waals surface area contributed by atoms with E-state index in [0.29, 0.717) is 17.1 Å². The third-order valence-electron chi connectivity index (χ3n) is 3.21. The maximum atomic E-state index is 13.4. The van der Waals surface area contributed by atoms with Crippen LogP contribution < -0.4 is 11.1 Å². The van der Waals surface area contributed by atoms with Gasteiger partial charge in [-0.1, -0.05) is 0 Å². The van der Waals surface area contributed by atoms with E-state index in [4.69, 9.17) is 5.73 Å². The van der Waals surface area contributed by atoms with E-state index in [-0.39, 0.29) is 24.6 Å². The van der Waals surface area contributed by atoms with Crippen molar-refractivity contribution in [3.8, 4) is 0 Å². The van der Waals surface area contributed by atoms with Gasteiger partial charge in [0.25, 0.3) is 0 Å². The van der Waals surface area contributed by atoms with Gasteiger partial charge in [-0.15, -0.1) is 0 Å². The number of carbonyl (C=O) groups is 1. The van der Waals surface area contributed by atoms with Crippen LogP contribution in [0.5, 0.6) is 0 Å². The molecule has 21 heavy (non-hydrogen) atoms. The largest absolute Gasteiger partial charge is 0.396 e. The lowest BCUT2D eigenvalue weighted by Gasteiger charge is -2.08. The molecule has 1 aromatic carbocycles. The zero-order chi connectivity index (χ0) is 15.6. The fourth-order valence-corrected chi connectivity index (χ4v) is 1.93. The molecule has 1 amide bonds. The minimum atomic E-state index is -0.563. The number of hydrogen-bond donors (Lipinski definition) is 2. The standard InChI is InChI=1S/C14H16F2N4O/c1-8-14(17)9(2)20(19-8)7-13(21)18-6-10-5-11(15)3-4-12(10)16/h3-5H,6-7,17H2,1-2H3,(H,18,21). The highest BCUT2D eigenvalue weighted by Crippen LogP contribution is 2.14. The molecule has 7 heteroatoms. The molecule has 2 rings (SSSR count). The number of anilines is 1. The summed E-state index contributed by atoms with van der Waals surface area (Å²) in [4.78, 5) is 11.8. The molecule has 0 fully saturated rings. The third kappa shape index (κ3) is 3.36. The second kappa shape index (κ2) is 5.90. The number of hydrogen-bond acceptors (Lipinski definition) is 3. The van der Waals surface area contributed by atoms with Crippen molar-refractivity contribution in [1.82, 2.24) is 15.1 Å². The zero-order valence-corrected chi connectivity index (χ0v) is 11.8. The van der Waals surface area contributed by atoms with Crippen LogP contribution in [0.3, 0.4) is 0 Å². The summed E-state index contributed by atoms with van der Waals surface area (Å²) in [5.41, 5.74) is 7.75. The van der Waals surface area contributed by atoms with Gasteiger partial charge in [-0.25, -0.2) is 8.78 Å². The quantitative estimate of drug-likeness (QED) is 0.901. The molecule has 0 aliphatic rings. The lowest BCUT2D eigenvalue weighted by atomic mass is 10.2. The van der Waals surface area contributed by atoms with Crippen LogP contribution >= 0.6 is 0 Å². The molecule has 0 bridgehead atoms. The average Bonchev–Trinajstić information content (AvgIpc) is 2.67. The Labute approximate surface area is 120 Å². The maximum Gasteiger partial charge on any atom is 0.242 e. The van der Waals surface area contributed by atoms with E-state index in [1.54, 1.807) is 13.8 Å². The van der Waals surface area contributed by atoms with Crippen LogP contribution in [0.4, 0.5) is 14.5 Å². The van der Waals surface area contributed by atoms with E-state index in [1.807, 2.05) is 0 Å². The Bertz CT molecular complexity index is 682. The van der Waals surface area contributed by atoms with Crippen molar-refractivity contribution in [1.29, 1.82) is 0 Å². The molecule has 0 radical (unpaired) electrons. The minimum absolute atomic E-state index is 0.0270. The molecule has 112 valence electrons. The van der Waals surface area contributed by atoms with Gasteiger partial charge in [-0.2, -0.15) is 5.10 Å². The van der Waals surface area contributed by atoms with Gasteiger partial charge in [-0.05, 0) is 32.0 Å². The normalized spacial score (nSPS) is 10.7. The maximum absolute atomic E-state index is 13.4. The summed E-state index contributed by atoms with van der Waals surface area (Å²) in [5.74, 6) is -1.47. The third-order valence-corrected chi connectivity index (χ3v) is 3.21. The number of aromatic nitrogens is 2. The Morgan fingerprint density at radius 3 is 2.71 bits per heavy atom.